The fourth-order valence-corrected chi connectivity index (χ4v) is 1.50. The zero-order valence-electron chi connectivity index (χ0n) is 7.99. The molecule has 0 fully saturated rings. The van der Waals surface area contributed by atoms with E-state index in [0.29, 0.717) is 0 Å². The minimum atomic E-state index is 0.985. The van der Waals surface area contributed by atoms with Crippen LogP contribution in [-0.2, 0) is 0 Å². The third kappa shape index (κ3) is 1.23. The van der Waals surface area contributed by atoms with Crippen LogP contribution in [0, 0.1) is 0 Å². The van der Waals surface area contributed by atoms with Gasteiger partial charge in [0, 0.05) is 47.8 Å². The van der Waals surface area contributed by atoms with Crippen molar-refractivity contribution in [1.82, 2.24) is 9.97 Å². The van der Waals surface area contributed by atoms with E-state index in [2.05, 4.69) is 21.5 Å². The minimum absolute atomic E-state index is 0.985. The summed E-state index contributed by atoms with van der Waals surface area (Å²) in [4.78, 5) is 11.4. The number of rotatable bonds is 2. The predicted octanol–water partition coefficient (Wildman–Crippen LogP) is 2.25. The van der Waals surface area contributed by atoms with Gasteiger partial charge in [0.15, 0.2) is 0 Å². The summed E-state index contributed by atoms with van der Waals surface area (Å²) >= 11 is 0. The molecule has 2 aromatic rings. The molecule has 0 atom stereocenters. The van der Waals surface area contributed by atoms with E-state index in [1.165, 1.54) is 0 Å². The molecule has 0 bridgehead atoms. The number of aliphatic imine (C=N–C) groups is 1. The Morgan fingerprint density at radius 2 is 2.43 bits per heavy atom. The summed E-state index contributed by atoms with van der Waals surface area (Å²) in [5.74, 6) is 0. The Hall–Kier alpha value is -1.90. The SMILES string of the molecule is C=Cc1[nH]c2ccncc2c1C=NC. The predicted molar refractivity (Wildman–Crippen MR) is 59.7 cm³/mol. The summed E-state index contributed by atoms with van der Waals surface area (Å²) in [5, 5.41) is 1.08. The average molecular weight is 185 g/mol. The van der Waals surface area contributed by atoms with Crippen LogP contribution in [0.1, 0.15) is 11.3 Å². The van der Waals surface area contributed by atoms with Crippen LogP contribution in [0.15, 0.2) is 30.0 Å². The van der Waals surface area contributed by atoms with Gasteiger partial charge in [0.1, 0.15) is 0 Å². The Balaban J connectivity index is 2.80. The van der Waals surface area contributed by atoms with Crippen molar-refractivity contribution in [2.75, 3.05) is 7.05 Å². The number of aromatic amines is 1. The summed E-state index contributed by atoms with van der Waals surface area (Å²) in [7, 11) is 1.75. The fourth-order valence-electron chi connectivity index (χ4n) is 1.50. The standard InChI is InChI=1S/C11H11N3/c1-3-10-8(6-12-2)9-7-13-5-4-11(9)14-10/h3-7,14H,1H2,2H3. The number of nitrogens with one attached hydrogen (secondary N) is 1. The molecular formula is C11H11N3. The highest BCUT2D eigenvalue weighted by Crippen LogP contribution is 2.20. The first kappa shape index (κ1) is 8.69. The van der Waals surface area contributed by atoms with Gasteiger partial charge in [0.2, 0.25) is 0 Å². The van der Waals surface area contributed by atoms with Crippen molar-refractivity contribution >= 4 is 23.2 Å². The lowest BCUT2D eigenvalue weighted by molar-refractivity contribution is 1.35. The van der Waals surface area contributed by atoms with E-state index in [1.54, 1.807) is 19.3 Å². The molecule has 0 radical (unpaired) electrons. The summed E-state index contributed by atoms with van der Waals surface area (Å²) in [6, 6.07) is 1.94. The number of hydrogen-bond acceptors (Lipinski definition) is 2. The number of H-pyrrole nitrogens is 1. The Morgan fingerprint density at radius 1 is 1.57 bits per heavy atom. The molecule has 0 saturated heterocycles. The Morgan fingerprint density at radius 3 is 3.14 bits per heavy atom. The van der Waals surface area contributed by atoms with Crippen molar-refractivity contribution in [1.29, 1.82) is 0 Å². The zero-order chi connectivity index (χ0) is 9.97. The van der Waals surface area contributed by atoms with Gasteiger partial charge in [-0.2, -0.15) is 0 Å². The Bertz CT molecular complexity index is 494. The third-order valence-electron chi connectivity index (χ3n) is 2.13. The van der Waals surface area contributed by atoms with E-state index < -0.39 is 0 Å². The Kier molecular flexibility index (Phi) is 2.14. The van der Waals surface area contributed by atoms with Gasteiger partial charge >= 0.3 is 0 Å². The van der Waals surface area contributed by atoms with Crippen LogP contribution in [0.3, 0.4) is 0 Å². The van der Waals surface area contributed by atoms with Gasteiger partial charge in [-0.3, -0.25) is 9.98 Å². The summed E-state index contributed by atoms with van der Waals surface area (Å²) in [5.41, 5.74) is 3.09. The molecule has 2 heterocycles. The number of hydrogen-bond donors (Lipinski definition) is 1. The van der Waals surface area contributed by atoms with Crippen molar-refractivity contribution < 1.29 is 0 Å². The fraction of sp³-hybridized carbons (Fsp3) is 0.0909. The van der Waals surface area contributed by atoms with Crippen LogP contribution < -0.4 is 0 Å². The lowest BCUT2D eigenvalue weighted by atomic mass is 10.2. The monoisotopic (exact) mass is 185 g/mol. The molecule has 70 valence electrons. The molecule has 0 saturated carbocycles. The highest BCUT2D eigenvalue weighted by Gasteiger charge is 2.05. The molecule has 2 aromatic heterocycles. The highest BCUT2D eigenvalue weighted by atomic mass is 14.7. The molecule has 14 heavy (non-hydrogen) atoms. The molecule has 3 heteroatoms. The second kappa shape index (κ2) is 3.46. The maximum Gasteiger partial charge on any atom is 0.0496 e. The largest absolute Gasteiger partial charge is 0.354 e. The summed E-state index contributed by atoms with van der Waals surface area (Å²) in [6.45, 7) is 3.76. The molecule has 0 amide bonds. The quantitative estimate of drug-likeness (QED) is 0.716. The molecule has 2 rings (SSSR count). The number of aromatic nitrogens is 2. The maximum atomic E-state index is 4.09. The summed E-state index contributed by atoms with van der Waals surface area (Å²) < 4.78 is 0. The van der Waals surface area contributed by atoms with Gasteiger partial charge in [0.25, 0.3) is 0 Å². The third-order valence-corrected chi connectivity index (χ3v) is 2.13. The molecular weight excluding hydrogens is 174 g/mol. The minimum Gasteiger partial charge on any atom is -0.354 e. The maximum absolute atomic E-state index is 4.09. The van der Waals surface area contributed by atoms with Crippen molar-refractivity contribution in [3.63, 3.8) is 0 Å². The van der Waals surface area contributed by atoms with E-state index in [1.807, 2.05) is 18.5 Å². The molecule has 0 spiro atoms. The first-order valence-corrected chi connectivity index (χ1v) is 4.37. The lowest BCUT2D eigenvalue weighted by Gasteiger charge is -1.90. The van der Waals surface area contributed by atoms with Crippen LogP contribution in [0.5, 0.6) is 0 Å². The van der Waals surface area contributed by atoms with E-state index in [9.17, 15) is 0 Å². The average Bonchev–Trinajstić information content (AvgIpc) is 2.58. The van der Waals surface area contributed by atoms with Crippen molar-refractivity contribution in [3.05, 3.63) is 36.3 Å². The van der Waals surface area contributed by atoms with E-state index >= 15 is 0 Å². The van der Waals surface area contributed by atoms with Crippen LogP contribution in [0.4, 0.5) is 0 Å². The van der Waals surface area contributed by atoms with Crippen LogP contribution >= 0.6 is 0 Å². The van der Waals surface area contributed by atoms with Crippen molar-refractivity contribution in [3.8, 4) is 0 Å². The van der Waals surface area contributed by atoms with Crippen LogP contribution in [-0.4, -0.2) is 23.2 Å². The molecule has 0 aliphatic carbocycles. The number of nitrogens with zero attached hydrogens (tertiary/aromatic N) is 2. The molecule has 0 aliphatic heterocycles. The van der Waals surface area contributed by atoms with E-state index in [4.69, 9.17) is 0 Å². The lowest BCUT2D eigenvalue weighted by Crippen LogP contribution is -1.82. The molecule has 3 nitrogen and oxygen atoms in total. The van der Waals surface area contributed by atoms with Crippen molar-refractivity contribution in [2.45, 2.75) is 0 Å². The number of fused-ring (bicyclic) bond motifs is 1. The zero-order valence-corrected chi connectivity index (χ0v) is 7.99. The second-order valence-electron chi connectivity index (χ2n) is 2.97. The van der Waals surface area contributed by atoms with Gasteiger partial charge in [-0.1, -0.05) is 6.58 Å². The number of pyridine rings is 1. The van der Waals surface area contributed by atoms with Gasteiger partial charge in [-0.05, 0) is 12.1 Å². The smallest absolute Gasteiger partial charge is 0.0496 e. The highest BCUT2D eigenvalue weighted by molar-refractivity contribution is 6.02. The van der Waals surface area contributed by atoms with Crippen LogP contribution in [0.25, 0.3) is 17.0 Å². The van der Waals surface area contributed by atoms with E-state index in [0.717, 1.165) is 22.2 Å². The molecule has 0 aromatic carbocycles. The van der Waals surface area contributed by atoms with Crippen molar-refractivity contribution in [2.24, 2.45) is 4.99 Å². The van der Waals surface area contributed by atoms with Gasteiger partial charge in [-0.25, -0.2) is 0 Å². The first-order valence-electron chi connectivity index (χ1n) is 4.37. The second-order valence-corrected chi connectivity index (χ2v) is 2.97. The summed E-state index contributed by atoms with van der Waals surface area (Å²) in [6.07, 6.45) is 7.20. The van der Waals surface area contributed by atoms with Gasteiger partial charge < -0.3 is 4.98 Å². The topological polar surface area (TPSA) is 41.0 Å². The van der Waals surface area contributed by atoms with E-state index in [-0.39, 0.29) is 0 Å². The Labute approximate surface area is 82.2 Å². The van der Waals surface area contributed by atoms with Crippen LogP contribution in [0.2, 0.25) is 0 Å². The molecule has 0 unspecified atom stereocenters. The van der Waals surface area contributed by atoms with Gasteiger partial charge in [-0.15, -0.1) is 0 Å². The molecule has 1 N–H and O–H groups in total. The normalized spacial score (nSPS) is 11.2. The first-order chi connectivity index (χ1) is 6.86. The van der Waals surface area contributed by atoms with Gasteiger partial charge in [0.05, 0.1) is 0 Å². The molecule has 0 aliphatic rings.